The molecule has 4 fully saturated rings. The van der Waals surface area contributed by atoms with Crippen LogP contribution < -0.4 is 32.3 Å². The molecule has 26 heteroatoms. The first-order chi connectivity index (χ1) is 46.8. The van der Waals surface area contributed by atoms with Gasteiger partial charge in [0.25, 0.3) is 17.7 Å². The van der Waals surface area contributed by atoms with Gasteiger partial charge in [-0.1, -0.05) is 81.9 Å². The molecule has 2 unspecified atom stereocenters. The lowest BCUT2D eigenvalue weighted by molar-refractivity contribution is -0.248. The second-order valence-corrected chi connectivity index (χ2v) is 28.9. The van der Waals surface area contributed by atoms with E-state index in [9.17, 15) is 48.3 Å². The molecule has 7 aromatic rings. The van der Waals surface area contributed by atoms with E-state index in [2.05, 4.69) is 50.4 Å². The van der Waals surface area contributed by atoms with Crippen molar-refractivity contribution in [3.63, 3.8) is 0 Å². The third-order valence-corrected chi connectivity index (χ3v) is 20.2. The average molecular weight is 1350 g/mol. The van der Waals surface area contributed by atoms with Crippen molar-refractivity contribution in [1.82, 2.24) is 50.5 Å². The third kappa shape index (κ3) is 16.0. The Morgan fingerprint density at radius 1 is 0.796 bits per heavy atom. The zero-order valence-corrected chi connectivity index (χ0v) is 56.7. The van der Waals surface area contributed by atoms with E-state index in [1.54, 1.807) is 69.7 Å². The Kier molecular flexibility index (Phi) is 20.5. The van der Waals surface area contributed by atoms with Crippen LogP contribution in [0.2, 0.25) is 0 Å². The highest BCUT2D eigenvalue weighted by Crippen LogP contribution is 2.72. The van der Waals surface area contributed by atoms with Gasteiger partial charge in [-0.25, -0.2) is 24.4 Å². The summed E-state index contributed by atoms with van der Waals surface area (Å²) in [5.41, 5.74) is 9.67. The van der Waals surface area contributed by atoms with Crippen LogP contribution in [0.25, 0.3) is 43.4 Å². The molecule has 98 heavy (non-hydrogen) atoms. The van der Waals surface area contributed by atoms with Gasteiger partial charge in [-0.3, -0.25) is 48.6 Å². The summed E-state index contributed by atoms with van der Waals surface area (Å²) < 4.78 is 15.7. The number of likely N-dealkylation sites (N-methyl/N-ethyl adjacent to an activating group) is 1. The van der Waals surface area contributed by atoms with E-state index in [0.29, 0.717) is 75.5 Å². The highest BCUT2D eigenvalue weighted by molar-refractivity contribution is 7.22. The molecule has 4 aromatic heterocycles. The number of pyridine rings is 2. The Balaban J connectivity index is 0.673. The number of imide groups is 1. The summed E-state index contributed by atoms with van der Waals surface area (Å²) >= 11 is 1.38. The largest absolute Gasteiger partial charge is 0.476 e. The number of hydrogen-bond donors (Lipinski definition) is 7. The minimum absolute atomic E-state index is 0.00181. The van der Waals surface area contributed by atoms with Gasteiger partial charge in [0.2, 0.25) is 17.7 Å². The van der Waals surface area contributed by atoms with Crippen LogP contribution >= 0.6 is 11.3 Å². The SMILES string of the molecule is Cc1c(-c2ccc(-c3ccc4cncc(C(=O)Nc5nc6ccccc6s5)c4c3)nc2C(=O)O)cnn1CC12CC3(C)CC(C)(C1)CC(OCCN(C)C(=O)OCc1ccc(NC(=O)[C@H](CCCNC(N)=O)NC(=O)[C@@H](NC(=O)CCCCCN4C(=O)C=CC4=O)C(C)C)cc1)(C3)C2. The number of para-hydroxylation sites is 1. The number of carboxylic acids is 1. The topological polar surface area (TPSA) is 341 Å². The number of ether oxygens (including phenoxy) is 2. The number of nitrogens with two attached hydrogens (primary N) is 1. The number of urea groups is 1. The van der Waals surface area contributed by atoms with Crippen molar-refractivity contribution in [3.05, 3.63) is 132 Å². The Labute approximate surface area is 571 Å². The Bertz CT molecular complexity index is 4210. The zero-order chi connectivity index (χ0) is 69.7. The number of fused-ring (bicyclic) bond motifs is 2. The fraction of sp³-hybridized carbons (Fsp3) is 0.431. The highest BCUT2D eigenvalue weighted by atomic mass is 32.1. The summed E-state index contributed by atoms with van der Waals surface area (Å²) in [5.74, 6) is -4.10. The summed E-state index contributed by atoms with van der Waals surface area (Å²) in [6.07, 6.45) is 14.5. The van der Waals surface area contributed by atoms with E-state index in [4.69, 9.17) is 25.3 Å². The lowest BCUT2D eigenvalue weighted by atomic mass is 9.39. The van der Waals surface area contributed by atoms with Gasteiger partial charge in [0.05, 0.1) is 39.9 Å². The summed E-state index contributed by atoms with van der Waals surface area (Å²) in [5, 5.41) is 31.3. The Morgan fingerprint density at radius 3 is 2.26 bits per heavy atom. The lowest BCUT2D eigenvalue weighted by Crippen LogP contribution is -2.64. The number of unbranched alkanes of at least 4 members (excludes halogenated alkanes) is 2. The Morgan fingerprint density at radius 2 is 1.54 bits per heavy atom. The van der Waals surface area contributed by atoms with Gasteiger partial charge in [0.15, 0.2) is 10.8 Å². The molecule has 0 radical (unpaired) electrons. The highest BCUT2D eigenvalue weighted by Gasteiger charge is 2.66. The second kappa shape index (κ2) is 29.0. The van der Waals surface area contributed by atoms with Gasteiger partial charge in [0, 0.05) is 97.7 Å². The van der Waals surface area contributed by atoms with Crippen LogP contribution in [-0.4, -0.2) is 144 Å². The number of nitrogens with one attached hydrogen (secondary N) is 5. The summed E-state index contributed by atoms with van der Waals surface area (Å²) in [6.45, 7) is 11.8. The maximum atomic E-state index is 13.8. The van der Waals surface area contributed by atoms with Gasteiger partial charge < -0.3 is 46.5 Å². The molecule has 4 saturated carbocycles. The molecule has 0 spiro atoms. The number of benzene rings is 3. The number of hydrogen-bond acceptors (Lipinski definition) is 16. The number of carbonyl (C=O) groups excluding carboxylic acids is 8. The number of primary amides is 1. The van der Waals surface area contributed by atoms with Crippen molar-refractivity contribution in [1.29, 1.82) is 0 Å². The number of nitrogens with zero attached hydrogens (tertiary/aromatic N) is 7. The summed E-state index contributed by atoms with van der Waals surface area (Å²) in [7, 11) is 1.67. The quantitative estimate of drug-likeness (QED) is 0.0169. The first kappa shape index (κ1) is 69.4. The summed E-state index contributed by atoms with van der Waals surface area (Å²) in [4.78, 5) is 132. The fourth-order valence-electron chi connectivity index (χ4n) is 15.8. The molecule has 3 aromatic carbocycles. The van der Waals surface area contributed by atoms with Crippen molar-refractivity contribution in [2.24, 2.45) is 27.9 Å². The maximum Gasteiger partial charge on any atom is 0.409 e. The van der Waals surface area contributed by atoms with Gasteiger partial charge in [-0.15, -0.1) is 0 Å². The third-order valence-electron chi connectivity index (χ3n) is 19.2. The normalized spacial score (nSPS) is 20.5. The summed E-state index contributed by atoms with van der Waals surface area (Å²) in [6, 6.07) is 20.7. The molecule has 8 N–H and O–H groups in total. The van der Waals surface area contributed by atoms with Gasteiger partial charge in [-0.05, 0) is 147 Å². The number of carbonyl (C=O) groups is 9. The molecule has 9 amide bonds. The number of amides is 9. The molecular formula is C72H83N13O12S. The monoisotopic (exact) mass is 1350 g/mol. The zero-order valence-electron chi connectivity index (χ0n) is 55.9. The van der Waals surface area contributed by atoms with Crippen molar-refractivity contribution < 1.29 is 57.7 Å². The minimum Gasteiger partial charge on any atom is -0.476 e. The predicted molar refractivity (Wildman–Crippen MR) is 368 cm³/mol. The van der Waals surface area contributed by atoms with Crippen LogP contribution in [0, 0.1) is 29.1 Å². The van der Waals surface area contributed by atoms with E-state index in [0.717, 1.165) is 64.7 Å². The molecule has 4 atom stereocenters. The van der Waals surface area contributed by atoms with Crippen molar-refractivity contribution >= 4 is 96.7 Å². The van der Waals surface area contributed by atoms with Gasteiger partial charge in [0.1, 0.15) is 18.7 Å². The molecule has 514 valence electrons. The minimum atomic E-state index is -1.19. The van der Waals surface area contributed by atoms with Gasteiger partial charge >= 0.3 is 18.1 Å². The van der Waals surface area contributed by atoms with Gasteiger partial charge in [-0.2, -0.15) is 5.10 Å². The molecule has 4 bridgehead atoms. The number of rotatable bonds is 29. The number of carboxylic acid groups (broad SMARTS) is 1. The number of aromatic nitrogens is 5. The van der Waals surface area contributed by atoms with E-state index >= 15 is 0 Å². The van der Waals surface area contributed by atoms with Crippen LogP contribution in [0.3, 0.4) is 0 Å². The van der Waals surface area contributed by atoms with Crippen molar-refractivity contribution in [2.45, 2.75) is 143 Å². The molecule has 12 rings (SSSR count). The number of thiazole rings is 1. The van der Waals surface area contributed by atoms with E-state index < -0.39 is 47.6 Å². The Hall–Kier alpha value is -9.95. The van der Waals surface area contributed by atoms with Crippen LogP contribution in [-0.2, 0) is 46.6 Å². The smallest absolute Gasteiger partial charge is 0.409 e. The maximum absolute atomic E-state index is 13.8. The van der Waals surface area contributed by atoms with Crippen LogP contribution in [0.15, 0.2) is 110 Å². The molecule has 1 aliphatic heterocycles. The fourth-order valence-corrected chi connectivity index (χ4v) is 16.7. The molecule has 25 nitrogen and oxygen atoms in total. The van der Waals surface area contributed by atoms with Crippen LogP contribution in [0.1, 0.15) is 137 Å². The molecule has 5 heterocycles. The van der Waals surface area contributed by atoms with Crippen LogP contribution in [0.5, 0.6) is 0 Å². The second-order valence-electron chi connectivity index (χ2n) is 27.9. The number of aromatic carboxylic acids is 1. The molecule has 4 aliphatic carbocycles. The van der Waals surface area contributed by atoms with Crippen molar-refractivity contribution in [3.8, 4) is 22.4 Å². The first-order valence-corrected chi connectivity index (χ1v) is 34.0. The molecule has 5 aliphatic rings. The standard InChI is InChI=1S/C72H83N13O12S/c1-43(2)60(81-57(86)16-8-7-11-28-84-58(87)25-26-59(84)88)64(91)79-55(14-12-27-75-66(73)94)63(90)77-48-21-17-45(18-22-48)35-96-68(95)83(6)29-30-97-72-39-69(4)36-70(5,40-72)38-71(37-69,41-72)42-85-44(3)51(34-76-85)49-23-24-53(78-61(49)65(92)93)46-19-20-47-32-74-33-52(50(47)31-46)62(89)82-67-80-54-13-9-10-15-56(54)98-67/h9-10,13,15,17-26,31-34,43,55,60H,7-8,11-12,14,16,27-30,35-42H2,1-6H3,(H,77,90)(H,79,91)(H,81,86)(H,92,93)(H3,73,75,94)(H,80,82,89)/t55-,60-,69?,70?,71?,72?/m0/s1. The van der Waals surface area contributed by atoms with E-state index in [1.807, 2.05) is 54.1 Å². The van der Waals surface area contributed by atoms with E-state index in [1.165, 1.54) is 34.6 Å². The van der Waals surface area contributed by atoms with Crippen molar-refractivity contribution in [2.75, 3.05) is 43.9 Å². The van der Waals surface area contributed by atoms with E-state index in [-0.39, 0.29) is 104 Å². The average Bonchev–Trinajstić information content (AvgIpc) is 0.704. The predicted octanol–water partition coefficient (Wildman–Crippen LogP) is 9.93. The van der Waals surface area contributed by atoms with Crippen LogP contribution in [0.4, 0.5) is 20.4 Å². The molecular weight excluding hydrogens is 1270 g/mol. The molecule has 0 saturated heterocycles. The first-order valence-electron chi connectivity index (χ1n) is 33.2. The number of anilines is 2. The lowest BCUT2D eigenvalue weighted by Gasteiger charge is -2.69.